The summed E-state index contributed by atoms with van der Waals surface area (Å²) in [6.07, 6.45) is 2.02. The molecule has 2 unspecified atom stereocenters. The monoisotopic (exact) mass is 280 g/mol. The molecule has 0 saturated carbocycles. The summed E-state index contributed by atoms with van der Waals surface area (Å²) in [7, 11) is -3.42. The molecule has 7 heteroatoms. The predicted molar refractivity (Wildman–Crippen MR) is 71.4 cm³/mol. The predicted octanol–water partition coefficient (Wildman–Crippen LogP) is 0.540. The molecule has 1 fully saturated rings. The highest BCUT2D eigenvalue weighted by Crippen LogP contribution is 2.16. The molecule has 1 heterocycles. The van der Waals surface area contributed by atoms with Gasteiger partial charge in [0.05, 0.1) is 22.4 Å². The number of nitrogens with one attached hydrogen (secondary N) is 1. The fourth-order valence-electron chi connectivity index (χ4n) is 1.70. The molecule has 100 valence electrons. The Morgan fingerprint density at radius 3 is 2.71 bits per heavy atom. The van der Waals surface area contributed by atoms with Gasteiger partial charge in [0.15, 0.2) is 0 Å². The van der Waals surface area contributed by atoms with Gasteiger partial charge in [0.1, 0.15) is 0 Å². The minimum absolute atomic E-state index is 0.0226. The summed E-state index contributed by atoms with van der Waals surface area (Å²) >= 11 is 4.90. The SMILES string of the molecule is CCC(C)(NS(=O)(=O)CC1CCCO1)C(N)=S. The molecule has 1 saturated heterocycles. The molecule has 0 aliphatic carbocycles. The Balaban J connectivity index is 2.67. The first-order chi connectivity index (χ1) is 7.79. The minimum atomic E-state index is -3.42. The van der Waals surface area contributed by atoms with Crippen molar-refractivity contribution in [1.29, 1.82) is 0 Å². The Bertz CT molecular complexity index is 377. The smallest absolute Gasteiger partial charge is 0.215 e. The highest BCUT2D eigenvalue weighted by atomic mass is 32.2. The van der Waals surface area contributed by atoms with E-state index in [1.54, 1.807) is 6.92 Å². The van der Waals surface area contributed by atoms with E-state index in [-0.39, 0.29) is 16.8 Å². The van der Waals surface area contributed by atoms with Crippen molar-refractivity contribution in [3.8, 4) is 0 Å². The van der Waals surface area contributed by atoms with E-state index in [0.717, 1.165) is 12.8 Å². The van der Waals surface area contributed by atoms with Gasteiger partial charge in [-0.05, 0) is 26.2 Å². The zero-order chi connectivity index (χ0) is 13.1. The zero-order valence-electron chi connectivity index (χ0n) is 10.2. The van der Waals surface area contributed by atoms with Gasteiger partial charge in [-0.3, -0.25) is 0 Å². The first kappa shape index (κ1) is 14.8. The molecule has 0 radical (unpaired) electrons. The molecular weight excluding hydrogens is 260 g/mol. The quantitative estimate of drug-likeness (QED) is 0.694. The van der Waals surface area contributed by atoms with Crippen LogP contribution in [-0.4, -0.2) is 37.4 Å². The third kappa shape index (κ3) is 4.17. The van der Waals surface area contributed by atoms with Crippen molar-refractivity contribution < 1.29 is 13.2 Å². The van der Waals surface area contributed by atoms with Crippen LogP contribution < -0.4 is 10.5 Å². The van der Waals surface area contributed by atoms with Gasteiger partial charge in [-0.15, -0.1) is 0 Å². The first-order valence-electron chi connectivity index (χ1n) is 5.72. The molecule has 17 heavy (non-hydrogen) atoms. The molecule has 1 aliphatic heterocycles. The van der Waals surface area contributed by atoms with Crippen LogP contribution >= 0.6 is 12.2 Å². The first-order valence-corrected chi connectivity index (χ1v) is 7.78. The van der Waals surface area contributed by atoms with Crippen molar-refractivity contribution in [3.63, 3.8) is 0 Å². The molecule has 2 atom stereocenters. The average molecular weight is 280 g/mol. The maximum Gasteiger partial charge on any atom is 0.215 e. The Morgan fingerprint density at radius 1 is 1.65 bits per heavy atom. The molecule has 1 rings (SSSR count). The summed E-state index contributed by atoms with van der Waals surface area (Å²) in [5, 5.41) is 0. The molecule has 0 spiro atoms. The highest BCUT2D eigenvalue weighted by molar-refractivity contribution is 7.89. The molecule has 3 N–H and O–H groups in total. The van der Waals surface area contributed by atoms with E-state index in [0.29, 0.717) is 13.0 Å². The van der Waals surface area contributed by atoms with E-state index < -0.39 is 15.6 Å². The molecule has 0 amide bonds. The number of hydrogen-bond acceptors (Lipinski definition) is 4. The van der Waals surface area contributed by atoms with Crippen molar-refractivity contribution in [1.82, 2.24) is 4.72 Å². The lowest BCUT2D eigenvalue weighted by atomic mass is 10.0. The van der Waals surface area contributed by atoms with Gasteiger partial charge in [-0.2, -0.15) is 0 Å². The molecule has 0 aromatic heterocycles. The number of sulfonamides is 1. The van der Waals surface area contributed by atoms with Gasteiger partial charge in [0.2, 0.25) is 10.0 Å². The van der Waals surface area contributed by atoms with Crippen LogP contribution in [0.4, 0.5) is 0 Å². The van der Waals surface area contributed by atoms with Gasteiger partial charge < -0.3 is 10.5 Å². The third-order valence-corrected chi connectivity index (χ3v) is 5.08. The fourth-order valence-corrected chi connectivity index (χ4v) is 3.74. The van der Waals surface area contributed by atoms with E-state index in [1.807, 2.05) is 6.92 Å². The van der Waals surface area contributed by atoms with Crippen LogP contribution in [0.2, 0.25) is 0 Å². The lowest BCUT2D eigenvalue weighted by Crippen LogP contribution is -2.55. The lowest BCUT2D eigenvalue weighted by Gasteiger charge is -2.28. The second-order valence-electron chi connectivity index (χ2n) is 4.57. The van der Waals surface area contributed by atoms with Crippen LogP contribution in [-0.2, 0) is 14.8 Å². The van der Waals surface area contributed by atoms with Gasteiger partial charge in [0.25, 0.3) is 0 Å². The van der Waals surface area contributed by atoms with Gasteiger partial charge in [0, 0.05) is 6.61 Å². The maximum absolute atomic E-state index is 12.0. The number of ether oxygens (including phenoxy) is 1. The van der Waals surface area contributed by atoms with Crippen LogP contribution in [0.3, 0.4) is 0 Å². The minimum Gasteiger partial charge on any atom is -0.392 e. The standard InChI is InChI=1S/C10H20N2O3S2/c1-3-10(2,9(11)16)12-17(13,14)7-8-5-4-6-15-8/h8,12H,3-7H2,1-2H3,(H2,11,16). The number of hydrogen-bond donors (Lipinski definition) is 2. The van der Waals surface area contributed by atoms with Crippen molar-refractivity contribution in [2.24, 2.45) is 5.73 Å². The van der Waals surface area contributed by atoms with E-state index in [9.17, 15) is 8.42 Å². The Morgan fingerprint density at radius 2 is 2.29 bits per heavy atom. The Hall–Kier alpha value is -0.240. The Kier molecular flexibility index (Phi) is 4.88. The molecular formula is C10H20N2O3S2. The second kappa shape index (κ2) is 5.60. The van der Waals surface area contributed by atoms with Crippen LogP contribution in [0.15, 0.2) is 0 Å². The lowest BCUT2D eigenvalue weighted by molar-refractivity contribution is 0.127. The summed E-state index contributed by atoms with van der Waals surface area (Å²) in [4.78, 5) is 0.163. The van der Waals surface area contributed by atoms with Crippen LogP contribution in [0, 0.1) is 0 Å². The van der Waals surface area contributed by atoms with Gasteiger partial charge in [-0.1, -0.05) is 19.1 Å². The maximum atomic E-state index is 12.0. The van der Waals surface area contributed by atoms with Crippen LogP contribution in [0.25, 0.3) is 0 Å². The van der Waals surface area contributed by atoms with E-state index in [4.69, 9.17) is 22.7 Å². The topological polar surface area (TPSA) is 81.4 Å². The highest BCUT2D eigenvalue weighted by Gasteiger charge is 2.33. The molecule has 0 aromatic rings. The third-order valence-electron chi connectivity index (χ3n) is 3.06. The summed E-state index contributed by atoms with van der Waals surface area (Å²) in [6.45, 7) is 4.18. The number of rotatable bonds is 6. The van der Waals surface area contributed by atoms with Crippen LogP contribution in [0.1, 0.15) is 33.1 Å². The van der Waals surface area contributed by atoms with E-state index >= 15 is 0 Å². The average Bonchev–Trinajstić information content (AvgIpc) is 2.68. The summed E-state index contributed by atoms with van der Waals surface area (Å²) in [5.74, 6) is -0.0226. The van der Waals surface area contributed by atoms with Crippen molar-refractivity contribution in [2.75, 3.05) is 12.4 Å². The molecule has 1 aliphatic rings. The van der Waals surface area contributed by atoms with E-state index in [1.165, 1.54) is 0 Å². The number of nitrogens with two attached hydrogens (primary N) is 1. The Labute approximate surface area is 108 Å². The molecule has 0 aromatic carbocycles. The summed E-state index contributed by atoms with van der Waals surface area (Å²) < 4.78 is 31.8. The van der Waals surface area contributed by atoms with Gasteiger partial charge in [-0.25, -0.2) is 13.1 Å². The normalized spacial score (nSPS) is 24.5. The van der Waals surface area contributed by atoms with Crippen molar-refractivity contribution in [3.05, 3.63) is 0 Å². The summed E-state index contributed by atoms with van der Waals surface area (Å²) in [5.41, 5.74) is 4.72. The van der Waals surface area contributed by atoms with Crippen molar-refractivity contribution in [2.45, 2.75) is 44.8 Å². The molecule has 5 nitrogen and oxygen atoms in total. The van der Waals surface area contributed by atoms with Crippen molar-refractivity contribution >= 4 is 27.2 Å². The fraction of sp³-hybridized carbons (Fsp3) is 0.900. The van der Waals surface area contributed by atoms with Gasteiger partial charge >= 0.3 is 0 Å². The van der Waals surface area contributed by atoms with Crippen LogP contribution in [0.5, 0.6) is 0 Å². The number of thiocarbonyl (C=S) groups is 1. The van der Waals surface area contributed by atoms with E-state index in [2.05, 4.69) is 4.72 Å². The zero-order valence-corrected chi connectivity index (χ0v) is 11.9. The molecule has 0 bridgehead atoms. The summed E-state index contributed by atoms with van der Waals surface area (Å²) in [6, 6.07) is 0. The second-order valence-corrected chi connectivity index (χ2v) is 6.78. The largest absolute Gasteiger partial charge is 0.392 e.